The van der Waals surface area contributed by atoms with Crippen molar-refractivity contribution >= 4 is 22.9 Å². The van der Waals surface area contributed by atoms with Gasteiger partial charge in [0.1, 0.15) is 11.6 Å². The van der Waals surface area contributed by atoms with Crippen LogP contribution < -0.4 is 5.32 Å². The summed E-state index contributed by atoms with van der Waals surface area (Å²) in [6.07, 6.45) is 5.93. The van der Waals surface area contributed by atoms with Gasteiger partial charge in [-0.2, -0.15) is 4.98 Å². The van der Waals surface area contributed by atoms with E-state index in [2.05, 4.69) is 25.5 Å². The van der Waals surface area contributed by atoms with E-state index in [4.69, 9.17) is 0 Å². The van der Waals surface area contributed by atoms with Gasteiger partial charge < -0.3 is 9.88 Å². The number of amides is 2. The predicted octanol–water partition coefficient (Wildman–Crippen LogP) is 4.14. The van der Waals surface area contributed by atoms with Crippen molar-refractivity contribution in [2.45, 2.75) is 44.6 Å². The SMILES string of the molecule is CN(Cc1cc2cc(F)ccc2[nH]1)C(=O)Nc1n[nH]c(C2CCCCC2)n1. The molecule has 1 aliphatic rings. The lowest BCUT2D eigenvalue weighted by Crippen LogP contribution is -2.31. The van der Waals surface area contributed by atoms with Crippen LogP contribution in [0.1, 0.15) is 49.5 Å². The molecule has 0 saturated heterocycles. The van der Waals surface area contributed by atoms with Crippen molar-refractivity contribution in [3.8, 4) is 0 Å². The van der Waals surface area contributed by atoms with Crippen LogP contribution in [-0.4, -0.2) is 38.1 Å². The highest BCUT2D eigenvalue weighted by molar-refractivity contribution is 5.87. The van der Waals surface area contributed by atoms with Crippen LogP contribution in [0.25, 0.3) is 10.9 Å². The molecule has 3 aromatic rings. The maximum Gasteiger partial charge on any atom is 0.324 e. The number of H-pyrrole nitrogens is 2. The topological polar surface area (TPSA) is 89.7 Å². The Kier molecular flexibility index (Phi) is 4.79. The summed E-state index contributed by atoms with van der Waals surface area (Å²) in [7, 11) is 1.69. The molecular formula is C19H23FN6O. The molecule has 2 amide bonds. The van der Waals surface area contributed by atoms with E-state index in [0.717, 1.165) is 35.3 Å². The number of aromatic amines is 2. The fourth-order valence-electron chi connectivity index (χ4n) is 3.66. The smallest absolute Gasteiger partial charge is 0.324 e. The van der Waals surface area contributed by atoms with Crippen LogP contribution in [0, 0.1) is 5.82 Å². The Hall–Kier alpha value is -2.90. The molecule has 3 N–H and O–H groups in total. The van der Waals surface area contributed by atoms with Gasteiger partial charge in [0, 0.05) is 29.6 Å². The Morgan fingerprint density at radius 3 is 2.93 bits per heavy atom. The average molecular weight is 370 g/mol. The van der Waals surface area contributed by atoms with Gasteiger partial charge in [0.25, 0.3) is 0 Å². The lowest BCUT2D eigenvalue weighted by molar-refractivity contribution is 0.220. The van der Waals surface area contributed by atoms with Crippen molar-refractivity contribution in [3.63, 3.8) is 0 Å². The average Bonchev–Trinajstić information content (AvgIpc) is 3.28. The molecule has 1 aliphatic carbocycles. The number of carbonyl (C=O) groups excluding carboxylic acids is 1. The van der Waals surface area contributed by atoms with E-state index < -0.39 is 0 Å². The molecule has 0 atom stereocenters. The molecule has 7 nitrogen and oxygen atoms in total. The Bertz CT molecular complexity index is 943. The minimum absolute atomic E-state index is 0.280. The van der Waals surface area contributed by atoms with E-state index >= 15 is 0 Å². The number of nitrogens with zero attached hydrogens (tertiary/aromatic N) is 3. The molecule has 0 spiro atoms. The fraction of sp³-hybridized carbons (Fsp3) is 0.421. The molecule has 0 radical (unpaired) electrons. The molecule has 1 saturated carbocycles. The van der Waals surface area contributed by atoms with Crippen molar-refractivity contribution < 1.29 is 9.18 Å². The zero-order valence-corrected chi connectivity index (χ0v) is 15.3. The second-order valence-corrected chi connectivity index (χ2v) is 7.19. The van der Waals surface area contributed by atoms with Crippen molar-refractivity contribution in [2.24, 2.45) is 0 Å². The van der Waals surface area contributed by atoms with Crippen LogP contribution in [0.4, 0.5) is 15.1 Å². The summed E-state index contributed by atoms with van der Waals surface area (Å²) < 4.78 is 13.3. The molecule has 142 valence electrons. The Morgan fingerprint density at radius 1 is 1.30 bits per heavy atom. The number of fused-ring (bicyclic) bond motifs is 1. The minimum Gasteiger partial charge on any atom is -0.357 e. The number of hydrogen-bond acceptors (Lipinski definition) is 3. The first kappa shape index (κ1) is 17.5. The van der Waals surface area contributed by atoms with Crippen LogP contribution in [0.2, 0.25) is 0 Å². The molecule has 27 heavy (non-hydrogen) atoms. The summed E-state index contributed by atoms with van der Waals surface area (Å²) >= 11 is 0. The fourth-order valence-corrected chi connectivity index (χ4v) is 3.66. The Morgan fingerprint density at radius 2 is 2.11 bits per heavy atom. The molecular weight excluding hydrogens is 347 g/mol. The van der Waals surface area contributed by atoms with Gasteiger partial charge in [-0.3, -0.25) is 10.4 Å². The number of urea groups is 1. The van der Waals surface area contributed by atoms with Crippen molar-refractivity contribution in [3.05, 3.63) is 41.6 Å². The van der Waals surface area contributed by atoms with Crippen LogP contribution >= 0.6 is 0 Å². The van der Waals surface area contributed by atoms with E-state index in [1.54, 1.807) is 13.1 Å². The van der Waals surface area contributed by atoms with Gasteiger partial charge in [0.2, 0.25) is 5.95 Å². The third-order valence-electron chi connectivity index (χ3n) is 5.11. The summed E-state index contributed by atoms with van der Waals surface area (Å²) in [6, 6.07) is 6.11. The van der Waals surface area contributed by atoms with E-state index in [-0.39, 0.29) is 11.8 Å². The third-order valence-corrected chi connectivity index (χ3v) is 5.11. The van der Waals surface area contributed by atoms with E-state index in [1.807, 2.05) is 6.07 Å². The minimum atomic E-state index is -0.297. The zero-order chi connectivity index (χ0) is 18.8. The van der Waals surface area contributed by atoms with Crippen LogP contribution in [0.15, 0.2) is 24.3 Å². The van der Waals surface area contributed by atoms with Crippen LogP contribution in [0.3, 0.4) is 0 Å². The molecule has 0 bridgehead atoms. The normalized spacial score (nSPS) is 15.2. The van der Waals surface area contributed by atoms with Crippen LogP contribution in [-0.2, 0) is 6.54 Å². The second-order valence-electron chi connectivity index (χ2n) is 7.19. The number of hydrogen-bond donors (Lipinski definition) is 3. The van der Waals surface area contributed by atoms with Crippen molar-refractivity contribution in [1.29, 1.82) is 0 Å². The monoisotopic (exact) mass is 370 g/mol. The third kappa shape index (κ3) is 3.94. The number of halogens is 1. The van der Waals surface area contributed by atoms with Gasteiger partial charge >= 0.3 is 6.03 Å². The predicted molar refractivity (Wildman–Crippen MR) is 101 cm³/mol. The molecule has 0 unspecified atom stereocenters. The zero-order valence-electron chi connectivity index (χ0n) is 15.3. The number of carbonyl (C=O) groups is 1. The van der Waals surface area contributed by atoms with E-state index in [1.165, 1.54) is 36.3 Å². The molecule has 2 heterocycles. The van der Waals surface area contributed by atoms with E-state index in [9.17, 15) is 9.18 Å². The Labute approximate surface area is 156 Å². The van der Waals surface area contributed by atoms with Crippen molar-refractivity contribution in [1.82, 2.24) is 25.1 Å². The first-order valence-corrected chi connectivity index (χ1v) is 9.30. The molecule has 8 heteroatoms. The summed E-state index contributed by atoms with van der Waals surface area (Å²) in [5.74, 6) is 1.27. The molecule has 2 aromatic heterocycles. The summed E-state index contributed by atoms with van der Waals surface area (Å²) in [5.41, 5.74) is 1.66. The van der Waals surface area contributed by atoms with Gasteiger partial charge in [-0.1, -0.05) is 19.3 Å². The quantitative estimate of drug-likeness (QED) is 0.645. The molecule has 1 fully saturated rings. The number of benzene rings is 1. The summed E-state index contributed by atoms with van der Waals surface area (Å²) in [5, 5.41) is 10.6. The van der Waals surface area contributed by atoms with Crippen LogP contribution in [0.5, 0.6) is 0 Å². The van der Waals surface area contributed by atoms with Gasteiger partial charge in [0.15, 0.2) is 0 Å². The highest BCUT2D eigenvalue weighted by atomic mass is 19.1. The van der Waals surface area contributed by atoms with E-state index in [0.29, 0.717) is 18.4 Å². The number of anilines is 1. The van der Waals surface area contributed by atoms with Gasteiger partial charge in [-0.15, -0.1) is 5.10 Å². The second kappa shape index (κ2) is 7.38. The number of rotatable bonds is 4. The molecule has 0 aliphatic heterocycles. The highest BCUT2D eigenvalue weighted by Gasteiger charge is 2.20. The lowest BCUT2D eigenvalue weighted by atomic mass is 9.89. The highest BCUT2D eigenvalue weighted by Crippen LogP contribution is 2.30. The first-order chi connectivity index (χ1) is 13.1. The van der Waals surface area contributed by atoms with Crippen molar-refractivity contribution in [2.75, 3.05) is 12.4 Å². The van der Waals surface area contributed by atoms with Gasteiger partial charge in [-0.25, -0.2) is 9.18 Å². The lowest BCUT2D eigenvalue weighted by Gasteiger charge is -2.18. The Balaban J connectivity index is 1.37. The van der Waals surface area contributed by atoms with Gasteiger partial charge in [0.05, 0.1) is 6.54 Å². The molecule has 4 rings (SSSR count). The summed E-state index contributed by atoms with van der Waals surface area (Å²) in [4.78, 5) is 21.6. The van der Waals surface area contributed by atoms with Gasteiger partial charge in [-0.05, 0) is 37.1 Å². The molecule has 1 aromatic carbocycles. The first-order valence-electron chi connectivity index (χ1n) is 9.30. The maximum absolute atomic E-state index is 13.3. The maximum atomic E-state index is 13.3. The largest absolute Gasteiger partial charge is 0.357 e. The number of aromatic nitrogens is 4. The summed E-state index contributed by atoms with van der Waals surface area (Å²) in [6.45, 7) is 0.363. The standard InChI is InChI=1S/C19H23FN6O/c1-26(11-15-10-13-9-14(20)7-8-16(13)21-15)19(27)23-18-22-17(24-25-18)12-5-3-2-4-6-12/h7-10,12,21H,2-6,11H2,1H3,(H2,22,23,24,25,27). The number of nitrogens with one attached hydrogen (secondary N) is 3.